The molecule has 0 amide bonds. The van der Waals surface area contributed by atoms with Gasteiger partial charge in [-0.05, 0) is 42.0 Å². The van der Waals surface area contributed by atoms with E-state index in [2.05, 4.69) is 0 Å². The van der Waals surface area contributed by atoms with E-state index in [1.165, 1.54) is 0 Å². The minimum absolute atomic E-state index is 0.0747. The Morgan fingerprint density at radius 2 is 1.26 bits per heavy atom. The Morgan fingerprint density at radius 1 is 0.789 bits per heavy atom. The first kappa shape index (κ1) is 13.4. The highest BCUT2D eigenvalue weighted by Crippen LogP contribution is 2.61. The van der Waals surface area contributed by atoms with Gasteiger partial charge in [0.05, 0.1) is 0 Å². The van der Waals surface area contributed by atoms with Gasteiger partial charge in [0, 0.05) is 15.7 Å². The maximum atomic E-state index is 6.35. The smallest absolute Gasteiger partial charge is 0.215 e. The summed E-state index contributed by atoms with van der Waals surface area (Å²) >= 11 is 24.5. The van der Waals surface area contributed by atoms with Crippen molar-refractivity contribution in [2.24, 2.45) is 0 Å². The molecule has 0 spiro atoms. The second-order valence-corrected chi connectivity index (χ2v) is 6.61. The number of hydrogen-bond donors (Lipinski definition) is 0. The van der Waals surface area contributed by atoms with E-state index in [4.69, 9.17) is 46.4 Å². The number of anilines is 1. The number of hydrogen-bond acceptors (Lipinski definition) is 1. The SMILES string of the molecule is Clc1ccc(C2N(c3ccc(Cl)cc3)C2(Cl)Cl)cc1. The molecule has 3 rings (SSSR count). The molecular formula is C14H9Cl4N. The fraction of sp³-hybridized carbons (Fsp3) is 0.143. The molecule has 1 fully saturated rings. The van der Waals surface area contributed by atoms with Gasteiger partial charge in [0.15, 0.2) is 0 Å². The van der Waals surface area contributed by atoms with Crippen molar-refractivity contribution in [3.05, 3.63) is 64.1 Å². The third-order valence-electron chi connectivity index (χ3n) is 3.13. The lowest BCUT2D eigenvalue weighted by Crippen LogP contribution is -2.00. The van der Waals surface area contributed by atoms with Gasteiger partial charge in [-0.15, -0.1) is 0 Å². The van der Waals surface area contributed by atoms with E-state index in [0.29, 0.717) is 10.0 Å². The molecule has 0 N–H and O–H groups in total. The molecule has 0 aromatic heterocycles. The monoisotopic (exact) mass is 331 g/mol. The van der Waals surface area contributed by atoms with Gasteiger partial charge in [0.2, 0.25) is 4.46 Å². The van der Waals surface area contributed by atoms with Gasteiger partial charge < -0.3 is 4.90 Å². The number of alkyl halides is 2. The molecule has 1 aliphatic rings. The van der Waals surface area contributed by atoms with Crippen molar-refractivity contribution in [3.63, 3.8) is 0 Å². The molecule has 1 atom stereocenters. The normalized spacial score (nSPS) is 20.4. The van der Waals surface area contributed by atoms with Crippen LogP contribution in [-0.2, 0) is 0 Å². The minimum atomic E-state index is -0.929. The Balaban J connectivity index is 1.92. The Labute approximate surface area is 131 Å². The lowest BCUT2D eigenvalue weighted by atomic mass is 10.1. The molecule has 19 heavy (non-hydrogen) atoms. The Morgan fingerprint density at radius 3 is 1.79 bits per heavy atom. The predicted octanol–water partition coefficient (Wildman–Crippen LogP) is 5.69. The summed E-state index contributed by atoms with van der Waals surface area (Å²) < 4.78 is -0.929. The minimum Gasteiger partial charge on any atom is -0.326 e. The van der Waals surface area contributed by atoms with Crippen molar-refractivity contribution in [1.29, 1.82) is 0 Å². The van der Waals surface area contributed by atoms with Crippen LogP contribution in [0, 0.1) is 0 Å². The highest BCUT2D eigenvalue weighted by molar-refractivity contribution is 6.53. The zero-order valence-electron chi connectivity index (χ0n) is 9.66. The van der Waals surface area contributed by atoms with E-state index in [0.717, 1.165) is 11.3 Å². The topological polar surface area (TPSA) is 3.01 Å². The van der Waals surface area contributed by atoms with Crippen LogP contribution in [-0.4, -0.2) is 4.46 Å². The van der Waals surface area contributed by atoms with Crippen molar-refractivity contribution in [2.45, 2.75) is 10.5 Å². The van der Waals surface area contributed by atoms with Gasteiger partial charge in [-0.25, -0.2) is 0 Å². The van der Waals surface area contributed by atoms with Crippen LogP contribution >= 0.6 is 46.4 Å². The molecule has 1 unspecified atom stereocenters. The summed E-state index contributed by atoms with van der Waals surface area (Å²) in [6, 6.07) is 14.9. The highest BCUT2D eigenvalue weighted by Gasteiger charge is 2.62. The standard InChI is InChI=1S/C14H9Cl4N/c15-10-3-1-9(2-4-10)13-14(17,18)19(13)12-7-5-11(16)6-8-12/h1-8,13H. The highest BCUT2D eigenvalue weighted by atomic mass is 35.5. The first-order valence-electron chi connectivity index (χ1n) is 5.68. The Bertz CT molecular complexity index is 538. The third kappa shape index (κ3) is 2.41. The molecule has 0 aliphatic carbocycles. The van der Waals surface area contributed by atoms with Gasteiger partial charge in [0.1, 0.15) is 6.04 Å². The van der Waals surface area contributed by atoms with Gasteiger partial charge in [-0.2, -0.15) is 0 Å². The average molecular weight is 333 g/mol. The molecule has 0 saturated carbocycles. The Kier molecular flexibility index (Phi) is 3.34. The molecule has 1 heterocycles. The summed E-state index contributed by atoms with van der Waals surface area (Å²) in [6.07, 6.45) is 0. The molecule has 5 heteroatoms. The largest absolute Gasteiger partial charge is 0.326 e. The van der Waals surface area contributed by atoms with Crippen molar-refractivity contribution in [1.82, 2.24) is 0 Å². The molecule has 1 saturated heterocycles. The van der Waals surface area contributed by atoms with Gasteiger partial charge in [-0.3, -0.25) is 0 Å². The summed E-state index contributed by atoms with van der Waals surface area (Å²) in [4.78, 5) is 1.93. The van der Waals surface area contributed by atoms with Crippen molar-refractivity contribution in [3.8, 4) is 0 Å². The van der Waals surface area contributed by atoms with Crippen molar-refractivity contribution < 1.29 is 0 Å². The van der Waals surface area contributed by atoms with Gasteiger partial charge in [-0.1, -0.05) is 58.5 Å². The lowest BCUT2D eigenvalue weighted by Gasteiger charge is -2.06. The quantitative estimate of drug-likeness (QED) is 0.388. The number of nitrogens with zero attached hydrogens (tertiary/aromatic N) is 1. The van der Waals surface area contributed by atoms with E-state index in [1.54, 1.807) is 0 Å². The maximum Gasteiger partial charge on any atom is 0.215 e. The number of rotatable bonds is 2. The summed E-state index contributed by atoms with van der Waals surface area (Å²) in [5.74, 6) is 0. The molecule has 1 nitrogen and oxygen atoms in total. The van der Waals surface area contributed by atoms with Gasteiger partial charge >= 0.3 is 0 Å². The van der Waals surface area contributed by atoms with Crippen LogP contribution in [0.3, 0.4) is 0 Å². The van der Waals surface area contributed by atoms with E-state index < -0.39 is 4.46 Å². The van der Waals surface area contributed by atoms with Crippen LogP contribution in [0.4, 0.5) is 5.69 Å². The van der Waals surface area contributed by atoms with E-state index in [1.807, 2.05) is 53.4 Å². The van der Waals surface area contributed by atoms with E-state index >= 15 is 0 Å². The van der Waals surface area contributed by atoms with E-state index in [9.17, 15) is 0 Å². The van der Waals surface area contributed by atoms with Crippen LogP contribution in [0.5, 0.6) is 0 Å². The molecule has 98 valence electrons. The zero-order chi connectivity index (χ0) is 13.6. The van der Waals surface area contributed by atoms with Crippen LogP contribution in [0.1, 0.15) is 11.6 Å². The first-order valence-corrected chi connectivity index (χ1v) is 7.19. The predicted molar refractivity (Wildman–Crippen MR) is 82.6 cm³/mol. The van der Waals surface area contributed by atoms with Crippen molar-refractivity contribution >= 4 is 52.1 Å². The summed E-state index contributed by atoms with van der Waals surface area (Å²) in [6.45, 7) is 0. The van der Waals surface area contributed by atoms with Gasteiger partial charge in [0.25, 0.3) is 0 Å². The van der Waals surface area contributed by atoms with Crippen molar-refractivity contribution in [2.75, 3.05) is 4.90 Å². The van der Waals surface area contributed by atoms with Crippen LogP contribution < -0.4 is 4.90 Å². The van der Waals surface area contributed by atoms with Crippen LogP contribution in [0.15, 0.2) is 48.5 Å². The van der Waals surface area contributed by atoms with Crippen LogP contribution in [0.2, 0.25) is 10.0 Å². The number of benzene rings is 2. The molecule has 0 radical (unpaired) electrons. The molecule has 2 aromatic rings. The maximum absolute atomic E-state index is 6.35. The molecule has 0 bridgehead atoms. The summed E-state index contributed by atoms with van der Waals surface area (Å²) in [5, 5.41) is 1.38. The molecular weight excluding hydrogens is 324 g/mol. The summed E-state index contributed by atoms with van der Waals surface area (Å²) in [5.41, 5.74) is 1.97. The Hall–Kier alpha value is -0.600. The number of halogens is 4. The fourth-order valence-corrected chi connectivity index (χ4v) is 3.15. The third-order valence-corrected chi connectivity index (χ3v) is 4.41. The summed E-state index contributed by atoms with van der Waals surface area (Å²) in [7, 11) is 0. The lowest BCUT2D eigenvalue weighted by molar-refractivity contribution is 1.10. The first-order chi connectivity index (χ1) is 9.00. The van der Waals surface area contributed by atoms with Crippen LogP contribution in [0.25, 0.3) is 0 Å². The average Bonchev–Trinajstić information content (AvgIpc) is 2.94. The zero-order valence-corrected chi connectivity index (χ0v) is 12.7. The molecule has 2 aromatic carbocycles. The van der Waals surface area contributed by atoms with E-state index in [-0.39, 0.29) is 6.04 Å². The molecule has 1 aliphatic heterocycles. The fourth-order valence-electron chi connectivity index (χ4n) is 2.16. The second-order valence-electron chi connectivity index (χ2n) is 4.39. The second kappa shape index (κ2) is 4.75.